The van der Waals surface area contributed by atoms with Gasteiger partial charge in [0.1, 0.15) is 5.69 Å². The number of aromatic amines is 1. The maximum Gasteiger partial charge on any atom is 0.352 e. The van der Waals surface area contributed by atoms with E-state index in [1.54, 1.807) is 6.07 Å². The molecule has 0 spiro atoms. The first-order valence-corrected chi connectivity index (χ1v) is 4.58. The largest absolute Gasteiger partial charge is 0.477 e. The summed E-state index contributed by atoms with van der Waals surface area (Å²) in [6, 6.07) is 9.09. The number of fused-ring (bicyclic) bond motifs is 1. The maximum atomic E-state index is 10.5. The first-order valence-electron chi connectivity index (χ1n) is 4.58. The van der Waals surface area contributed by atoms with Gasteiger partial charge in [-0.2, -0.15) is 0 Å². The van der Waals surface area contributed by atoms with E-state index in [1.807, 2.05) is 38.4 Å². The molecule has 0 aliphatic rings. The minimum Gasteiger partial charge on any atom is -0.477 e. The molecule has 0 saturated carbocycles. The number of aromatic nitrogens is 1. The SMILES string of the molecule is CNC.O=C(O)c1cc2ccccc2[nH]1. The molecule has 80 valence electrons. The van der Waals surface area contributed by atoms with Gasteiger partial charge in [0.15, 0.2) is 0 Å². The summed E-state index contributed by atoms with van der Waals surface area (Å²) < 4.78 is 0. The van der Waals surface area contributed by atoms with Gasteiger partial charge < -0.3 is 15.4 Å². The Morgan fingerprint density at radius 3 is 2.47 bits per heavy atom. The first kappa shape index (κ1) is 11.3. The van der Waals surface area contributed by atoms with Gasteiger partial charge in [-0.1, -0.05) is 18.2 Å². The van der Waals surface area contributed by atoms with Crippen LogP contribution in [0.2, 0.25) is 0 Å². The summed E-state index contributed by atoms with van der Waals surface area (Å²) in [6.45, 7) is 0. The van der Waals surface area contributed by atoms with Crippen molar-refractivity contribution >= 4 is 16.9 Å². The average Bonchev–Trinajstić information content (AvgIpc) is 2.62. The smallest absolute Gasteiger partial charge is 0.352 e. The topological polar surface area (TPSA) is 65.1 Å². The van der Waals surface area contributed by atoms with Crippen molar-refractivity contribution in [2.45, 2.75) is 0 Å². The van der Waals surface area contributed by atoms with Crippen molar-refractivity contribution in [3.8, 4) is 0 Å². The maximum absolute atomic E-state index is 10.5. The van der Waals surface area contributed by atoms with Crippen LogP contribution in [0.3, 0.4) is 0 Å². The highest BCUT2D eigenvalue weighted by Crippen LogP contribution is 2.13. The molecule has 1 aromatic heterocycles. The molecule has 2 rings (SSSR count). The number of aromatic carboxylic acids is 1. The lowest BCUT2D eigenvalue weighted by atomic mass is 10.2. The number of H-pyrrole nitrogens is 1. The molecule has 0 aliphatic heterocycles. The number of carboxylic acid groups (broad SMARTS) is 1. The van der Waals surface area contributed by atoms with Crippen molar-refractivity contribution in [3.63, 3.8) is 0 Å². The molecule has 2 aromatic rings. The van der Waals surface area contributed by atoms with E-state index >= 15 is 0 Å². The molecule has 0 aliphatic carbocycles. The van der Waals surface area contributed by atoms with Crippen molar-refractivity contribution < 1.29 is 9.90 Å². The lowest BCUT2D eigenvalue weighted by molar-refractivity contribution is 0.0691. The highest BCUT2D eigenvalue weighted by Gasteiger charge is 2.05. The Morgan fingerprint density at radius 2 is 1.93 bits per heavy atom. The summed E-state index contributed by atoms with van der Waals surface area (Å²) >= 11 is 0. The van der Waals surface area contributed by atoms with Crippen LogP contribution in [0.25, 0.3) is 10.9 Å². The fourth-order valence-electron chi connectivity index (χ4n) is 1.19. The quantitative estimate of drug-likeness (QED) is 0.665. The van der Waals surface area contributed by atoms with Crippen LogP contribution in [-0.4, -0.2) is 30.2 Å². The van der Waals surface area contributed by atoms with E-state index in [1.165, 1.54) is 0 Å². The number of carbonyl (C=O) groups is 1. The average molecular weight is 206 g/mol. The van der Waals surface area contributed by atoms with Gasteiger partial charge in [-0.15, -0.1) is 0 Å². The Hall–Kier alpha value is -1.81. The number of benzene rings is 1. The van der Waals surface area contributed by atoms with Gasteiger partial charge in [-0.25, -0.2) is 4.79 Å². The second-order valence-corrected chi connectivity index (χ2v) is 3.08. The number of hydrogen-bond donors (Lipinski definition) is 3. The molecule has 0 amide bonds. The normalized spacial score (nSPS) is 9.47. The lowest BCUT2D eigenvalue weighted by Gasteiger charge is -1.84. The fraction of sp³-hybridized carbons (Fsp3) is 0.182. The van der Waals surface area contributed by atoms with Crippen LogP contribution in [0.4, 0.5) is 0 Å². The van der Waals surface area contributed by atoms with Crippen LogP contribution < -0.4 is 5.32 Å². The van der Waals surface area contributed by atoms with Crippen LogP contribution in [0.15, 0.2) is 30.3 Å². The minimum absolute atomic E-state index is 0.233. The molecule has 4 heteroatoms. The highest BCUT2D eigenvalue weighted by atomic mass is 16.4. The van der Waals surface area contributed by atoms with E-state index < -0.39 is 5.97 Å². The van der Waals surface area contributed by atoms with Crippen LogP contribution in [-0.2, 0) is 0 Å². The molecular formula is C11H14N2O2. The third-order valence-electron chi connectivity index (χ3n) is 1.76. The van der Waals surface area contributed by atoms with E-state index in [0.29, 0.717) is 0 Å². The Labute approximate surface area is 87.9 Å². The van der Waals surface area contributed by atoms with Crippen molar-refractivity contribution in [2.24, 2.45) is 0 Å². The van der Waals surface area contributed by atoms with Crippen molar-refractivity contribution in [2.75, 3.05) is 14.1 Å². The molecule has 0 radical (unpaired) electrons. The first-order chi connectivity index (χ1) is 7.19. The summed E-state index contributed by atoms with van der Waals surface area (Å²) in [7, 11) is 3.75. The van der Waals surface area contributed by atoms with Gasteiger partial charge in [-0.05, 0) is 26.2 Å². The molecule has 15 heavy (non-hydrogen) atoms. The Bertz CT molecular complexity index is 416. The third kappa shape index (κ3) is 2.82. The predicted octanol–water partition coefficient (Wildman–Crippen LogP) is 1.70. The van der Waals surface area contributed by atoms with Crippen LogP contribution in [0.1, 0.15) is 10.5 Å². The summed E-state index contributed by atoms with van der Waals surface area (Å²) in [6.07, 6.45) is 0. The summed E-state index contributed by atoms with van der Waals surface area (Å²) in [5.74, 6) is -0.925. The summed E-state index contributed by atoms with van der Waals surface area (Å²) in [5, 5.41) is 12.3. The molecule has 4 nitrogen and oxygen atoms in total. The number of rotatable bonds is 1. The molecule has 0 atom stereocenters. The van der Waals surface area contributed by atoms with E-state index in [4.69, 9.17) is 5.11 Å². The molecule has 0 saturated heterocycles. The zero-order valence-corrected chi connectivity index (χ0v) is 8.74. The Morgan fingerprint density at radius 1 is 1.33 bits per heavy atom. The van der Waals surface area contributed by atoms with Gasteiger partial charge in [0.25, 0.3) is 0 Å². The monoisotopic (exact) mass is 206 g/mol. The standard InChI is InChI=1S/C9H7NO2.C2H7N/c11-9(12)8-5-6-3-1-2-4-7(6)10-8;1-3-2/h1-5,10H,(H,11,12);3H,1-2H3. The fourth-order valence-corrected chi connectivity index (χ4v) is 1.19. The van der Waals surface area contributed by atoms with Gasteiger partial charge in [-0.3, -0.25) is 0 Å². The lowest BCUT2D eigenvalue weighted by Crippen LogP contribution is -1.94. The molecule has 3 N–H and O–H groups in total. The molecule has 0 bridgehead atoms. The van der Waals surface area contributed by atoms with Gasteiger partial charge in [0.05, 0.1) is 0 Å². The third-order valence-corrected chi connectivity index (χ3v) is 1.76. The van der Waals surface area contributed by atoms with Gasteiger partial charge in [0.2, 0.25) is 0 Å². The number of nitrogens with one attached hydrogen (secondary N) is 2. The summed E-state index contributed by atoms with van der Waals surface area (Å²) in [4.78, 5) is 13.3. The van der Waals surface area contributed by atoms with Crippen LogP contribution >= 0.6 is 0 Å². The van der Waals surface area contributed by atoms with Crippen molar-refractivity contribution in [1.29, 1.82) is 0 Å². The van der Waals surface area contributed by atoms with Crippen molar-refractivity contribution in [3.05, 3.63) is 36.0 Å². The van der Waals surface area contributed by atoms with Crippen LogP contribution in [0, 0.1) is 0 Å². The Kier molecular flexibility index (Phi) is 3.88. The van der Waals surface area contributed by atoms with E-state index in [2.05, 4.69) is 10.3 Å². The highest BCUT2D eigenvalue weighted by molar-refractivity contribution is 5.93. The van der Waals surface area contributed by atoms with Gasteiger partial charge in [0, 0.05) is 10.9 Å². The minimum atomic E-state index is -0.925. The molecule has 1 heterocycles. The van der Waals surface area contributed by atoms with E-state index in [9.17, 15) is 4.79 Å². The zero-order valence-electron chi connectivity index (χ0n) is 8.74. The van der Waals surface area contributed by atoms with E-state index in [0.717, 1.165) is 10.9 Å². The molecule has 1 aromatic carbocycles. The van der Waals surface area contributed by atoms with E-state index in [-0.39, 0.29) is 5.69 Å². The predicted molar refractivity (Wildman–Crippen MR) is 60.2 cm³/mol. The number of para-hydroxylation sites is 1. The van der Waals surface area contributed by atoms with Crippen molar-refractivity contribution in [1.82, 2.24) is 10.3 Å². The second-order valence-electron chi connectivity index (χ2n) is 3.08. The zero-order chi connectivity index (χ0) is 11.3. The number of carboxylic acids is 1. The Balaban J connectivity index is 0.000000337. The van der Waals surface area contributed by atoms with Gasteiger partial charge >= 0.3 is 5.97 Å². The molecular weight excluding hydrogens is 192 g/mol. The van der Waals surface area contributed by atoms with Crippen LogP contribution in [0.5, 0.6) is 0 Å². The summed E-state index contributed by atoms with van der Waals surface area (Å²) in [5.41, 5.74) is 1.09. The second kappa shape index (κ2) is 5.17. The molecule has 0 fully saturated rings. The number of hydrogen-bond acceptors (Lipinski definition) is 2. The molecule has 0 unspecified atom stereocenters.